The van der Waals surface area contributed by atoms with E-state index in [1.165, 1.54) is 0 Å². The van der Waals surface area contributed by atoms with E-state index in [2.05, 4.69) is 20.1 Å². The molecule has 108 valence electrons. The summed E-state index contributed by atoms with van der Waals surface area (Å²) in [6, 6.07) is 0. The Labute approximate surface area is 115 Å². The topological polar surface area (TPSA) is 52.6 Å². The zero-order valence-electron chi connectivity index (χ0n) is 12.4. The van der Waals surface area contributed by atoms with E-state index in [0.29, 0.717) is 6.42 Å². The molecule has 0 bridgehead atoms. The second-order valence-electron chi connectivity index (χ2n) is 4.93. The summed E-state index contributed by atoms with van der Waals surface area (Å²) in [5.41, 5.74) is 0.543. The molecule has 0 aliphatic carbocycles. The van der Waals surface area contributed by atoms with E-state index in [9.17, 15) is 9.59 Å². The van der Waals surface area contributed by atoms with Crippen molar-refractivity contribution >= 4 is 11.9 Å². The molecule has 0 aromatic heterocycles. The largest absolute Gasteiger partial charge is 0.419 e. The van der Waals surface area contributed by atoms with E-state index in [0.717, 1.165) is 19.3 Å². The standard InChI is InChI=1S/C15H24O4/c1-7-8-9-10-15(6,18-13(16)11(2)3)19-14(17)12(4)5/h2,4,7-10H2,1,3,5-6H3. The highest BCUT2D eigenvalue weighted by atomic mass is 16.7. The molecule has 0 heterocycles. The van der Waals surface area contributed by atoms with Gasteiger partial charge in [-0.2, -0.15) is 0 Å². The third kappa shape index (κ3) is 6.79. The molecule has 0 unspecified atom stereocenters. The number of carbonyl (C=O) groups is 2. The fourth-order valence-electron chi connectivity index (χ4n) is 1.39. The molecule has 0 saturated heterocycles. The molecule has 0 amide bonds. The normalized spacial score (nSPS) is 10.7. The van der Waals surface area contributed by atoms with E-state index >= 15 is 0 Å². The van der Waals surface area contributed by atoms with Crippen molar-refractivity contribution in [1.82, 2.24) is 0 Å². The first kappa shape index (κ1) is 17.4. The van der Waals surface area contributed by atoms with Gasteiger partial charge in [0.1, 0.15) is 0 Å². The minimum Gasteiger partial charge on any atom is -0.419 e. The summed E-state index contributed by atoms with van der Waals surface area (Å²) < 4.78 is 10.5. The van der Waals surface area contributed by atoms with Gasteiger partial charge in [-0.05, 0) is 20.3 Å². The highest BCUT2D eigenvalue weighted by Crippen LogP contribution is 2.23. The summed E-state index contributed by atoms with van der Waals surface area (Å²) in [6.07, 6.45) is 3.27. The van der Waals surface area contributed by atoms with Gasteiger partial charge in [-0.3, -0.25) is 0 Å². The molecule has 4 nitrogen and oxygen atoms in total. The van der Waals surface area contributed by atoms with Crippen molar-refractivity contribution in [2.24, 2.45) is 0 Å². The van der Waals surface area contributed by atoms with Gasteiger partial charge in [0.15, 0.2) is 0 Å². The Kier molecular flexibility index (Phi) is 7.12. The minimum absolute atomic E-state index is 0.271. The number of ether oxygens (including phenoxy) is 2. The lowest BCUT2D eigenvalue weighted by Crippen LogP contribution is -2.37. The Morgan fingerprint density at radius 3 is 1.74 bits per heavy atom. The predicted molar refractivity (Wildman–Crippen MR) is 74.4 cm³/mol. The summed E-state index contributed by atoms with van der Waals surface area (Å²) in [6.45, 7) is 13.8. The average molecular weight is 268 g/mol. The minimum atomic E-state index is -1.26. The van der Waals surface area contributed by atoms with Crippen LogP contribution in [0.2, 0.25) is 0 Å². The van der Waals surface area contributed by atoms with Crippen LogP contribution in [0.1, 0.15) is 53.4 Å². The lowest BCUT2D eigenvalue weighted by Gasteiger charge is -2.29. The van der Waals surface area contributed by atoms with Crippen LogP contribution in [0.25, 0.3) is 0 Å². The van der Waals surface area contributed by atoms with Gasteiger partial charge in [-0.15, -0.1) is 0 Å². The lowest BCUT2D eigenvalue weighted by molar-refractivity contribution is -0.219. The van der Waals surface area contributed by atoms with Crippen LogP contribution in [-0.4, -0.2) is 17.7 Å². The first-order valence-electron chi connectivity index (χ1n) is 6.49. The van der Waals surface area contributed by atoms with Gasteiger partial charge in [0.25, 0.3) is 5.79 Å². The first-order valence-corrected chi connectivity index (χ1v) is 6.49. The van der Waals surface area contributed by atoms with Gasteiger partial charge in [-0.1, -0.05) is 32.9 Å². The molecule has 0 aromatic rings. The van der Waals surface area contributed by atoms with Crippen molar-refractivity contribution in [3.8, 4) is 0 Å². The molecule has 0 radical (unpaired) electrons. The van der Waals surface area contributed by atoms with Crippen molar-refractivity contribution in [3.05, 3.63) is 24.3 Å². The highest BCUT2D eigenvalue weighted by molar-refractivity contribution is 5.89. The number of carbonyl (C=O) groups excluding carboxylic acids is 2. The number of rotatable bonds is 8. The van der Waals surface area contributed by atoms with Crippen LogP contribution in [0.15, 0.2) is 24.3 Å². The monoisotopic (exact) mass is 268 g/mol. The fourth-order valence-corrected chi connectivity index (χ4v) is 1.39. The third-order valence-electron chi connectivity index (χ3n) is 2.55. The van der Waals surface area contributed by atoms with E-state index in [1.54, 1.807) is 20.8 Å². The number of esters is 2. The Morgan fingerprint density at radius 1 is 1.00 bits per heavy atom. The molecule has 0 spiro atoms. The Bertz CT molecular complexity index is 340. The average Bonchev–Trinajstić information content (AvgIpc) is 2.28. The van der Waals surface area contributed by atoms with Crippen LogP contribution in [0.4, 0.5) is 0 Å². The third-order valence-corrected chi connectivity index (χ3v) is 2.55. The van der Waals surface area contributed by atoms with Crippen molar-refractivity contribution in [2.45, 2.75) is 59.2 Å². The van der Waals surface area contributed by atoms with Gasteiger partial charge >= 0.3 is 11.9 Å². The van der Waals surface area contributed by atoms with Gasteiger partial charge in [0.05, 0.1) is 0 Å². The van der Waals surface area contributed by atoms with Crippen molar-refractivity contribution < 1.29 is 19.1 Å². The van der Waals surface area contributed by atoms with Crippen molar-refractivity contribution in [3.63, 3.8) is 0 Å². The van der Waals surface area contributed by atoms with Crippen LogP contribution < -0.4 is 0 Å². The molecule has 0 aromatic carbocycles. The molecule has 0 saturated carbocycles. The molecule has 19 heavy (non-hydrogen) atoms. The summed E-state index contributed by atoms with van der Waals surface area (Å²) >= 11 is 0. The zero-order valence-corrected chi connectivity index (χ0v) is 12.4. The second-order valence-corrected chi connectivity index (χ2v) is 4.93. The molecule has 4 heteroatoms. The maximum Gasteiger partial charge on any atom is 0.336 e. The van der Waals surface area contributed by atoms with Crippen LogP contribution in [0, 0.1) is 0 Å². The highest BCUT2D eigenvalue weighted by Gasteiger charge is 2.33. The SMILES string of the molecule is C=C(C)C(=O)OC(C)(CCCCC)OC(=O)C(=C)C. The second kappa shape index (κ2) is 7.77. The predicted octanol–water partition coefficient (Wildman–Crippen LogP) is 3.52. The van der Waals surface area contributed by atoms with Gasteiger partial charge in [0, 0.05) is 24.5 Å². The maximum atomic E-state index is 11.6. The molecular formula is C15H24O4. The van der Waals surface area contributed by atoms with Gasteiger partial charge in [-0.25, -0.2) is 9.59 Å². The van der Waals surface area contributed by atoms with Crippen molar-refractivity contribution in [1.29, 1.82) is 0 Å². The van der Waals surface area contributed by atoms with Crippen LogP contribution in [0.5, 0.6) is 0 Å². The van der Waals surface area contributed by atoms with E-state index in [4.69, 9.17) is 9.47 Å². The molecule has 0 N–H and O–H groups in total. The quantitative estimate of drug-likeness (QED) is 0.292. The first-order chi connectivity index (χ1) is 8.72. The lowest BCUT2D eigenvalue weighted by atomic mass is 10.1. The van der Waals surface area contributed by atoms with Crippen LogP contribution in [0.3, 0.4) is 0 Å². The van der Waals surface area contributed by atoms with Gasteiger partial charge < -0.3 is 9.47 Å². The number of hydrogen-bond donors (Lipinski definition) is 0. The molecule has 0 aliphatic heterocycles. The number of unbranched alkanes of at least 4 members (excludes halogenated alkanes) is 2. The Balaban J connectivity index is 4.79. The summed E-state index contributed by atoms with van der Waals surface area (Å²) in [4.78, 5) is 23.2. The molecule has 0 aliphatic rings. The Hall–Kier alpha value is -1.58. The summed E-state index contributed by atoms with van der Waals surface area (Å²) in [5.74, 6) is -2.39. The van der Waals surface area contributed by atoms with Crippen molar-refractivity contribution in [2.75, 3.05) is 0 Å². The zero-order chi connectivity index (χ0) is 15.1. The smallest absolute Gasteiger partial charge is 0.336 e. The van der Waals surface area contributed by atoms with Crippen LogP contribution >= 0.6 is 0 Å². The summed E-state index contributed by atoms with van der Waals surface area (Å²) in [5, 5.41) is 0. The fraction of sp³-hybridized carbons (Fsp3) is 0.600. The van der Waals surface area contributed by atoms with E-state index in [1.807, 2.05) is 0 Å². The molecule has 0 fully saturated rings. The Morgan fingerprint density at radius 2 is 1.42 bits per heavy atom. The molecule has 0 rings (SSSR count). The molecule has 0 atom stereocenters. The van der Waals surface area contributed by atoms with E-state index < -0.39 is 17.7 Å². The maximum absolute atomic E-state index is 11.6. The van der Waals surface area contributed by atoms with Crippen LogP contribution in [-0.2, 0) is 19.1 Å². The van der Waals surface area contributed by atoms with Gasteiger partial charge in [0.2, 0.25) is 0 Å². The van der Waals surface area contributed by atoms with E-state index in [-0.39, 0.29) is 11.1 Å². The molecular weight excluding hydrogens is 244 g/mol. The number of hydrogen-bond acceptors (Lipinski definition) is 4. The summed E-state index contributed by atoms with van der Waals surface area (Å²) in [7, 11) is 0.